The summed E-state index contributed by atoms with van der Waals surface area (Å²) in [6.45, 7) is 3.23. The van der Waals surface area contributed by atoms with Gasteiger partial charge in [-0.15, -0.1) is 0 Å². The van der Waals surface area contributed by atoms with E-state index in [1.54, 1.807) is 12.1 Å². The van der Waals surface area contributed by atoms with Crippen molar-refractivity contribution in [3.05, 3.63) is 77.7 Å². The van der Waals surface area contributed by atoms with E-state index in [-0.39, 0.29) is 17.3 Å². The van der Waals surface area contributed by atoms with Crippen LogP contribution < -0.4 is 10.6 Å². The van der Waals surface area contributed by atoms with E-state index in [0.29, 0.717) is 34.2 Å². The summed E-state index contributed by atoms with van der Waals surface area (Å²) in [5.41, 5.74) is -0.752. The number of alkyl halides is 6. The first-order chi connectivity index (χ1) is 20.6. The highest BCUT2D eigenvalue weighted by molar-refractivity contribution is 5.93. The smallest absolute Gasteiger partial charge is 0.340 e. The van der Waals surface area contributed by atoms with E-state index in [9.17, 15) is 26.3 Å². The Labute approximate surface area is 244 Å². The summed E-state index contributed by atoms with van der Waals surface area (Å²) >= 11 is 0. The van der Waals surface area contributed by atoms with Crippen molar-refractivity contribution in [2.24, 2.45) is 5.92 Å². The van der Waals surface area contributed by atoms with Gasteiger partial charge in [-0.3, -0.25) is 9.88 Å². The molecule has 4 aromatic rings. The van der Waals surface area contributed by atoms with Crippen molar-refractivity contribution >= 4 is 22.4 Å². The zero-order valence-electron chi connectivity index (χ0n) is 23.1. The van der Waals surface area contributed by atoms with Gasteiger partial charge in [0.2, 0.25) is 0 Å². The number of hydrogen-bond acceptors (Lipinski definition) is 6. The number of rotatable bonds is 6. The zero-order chi connectivity index (χ0) is 30.2. The van der Waals surface area contributed by atoms with Gasteiger partial charge in [0.25, 0.3) is 0 Å². The number of pyridine rings is 1. The Morgan fingerprint density at radius 1 is 0.860 bits per heavy atom. The minimum atomic E-state index is -4.60. The lowest BCUT2D eigenvalue weighted by molar-refractivity contribution is -0.138. The van der Waals surface area contributed by atoms with Crippen molar-refractivity contribution < 1.29 is 26.3 Å². The first kappa shape index (κ1) is 29.3. The fourth-order valence-corrected chi connectivity index (χ4v) is 6.17. The lowest BCUT2D eigenvalue weighted by Gasteiger charge is -2.37. The van der Waals surface area contributed by atoms with Gasteiger partial charge in [0.05, 0.1) is 28.4 Å². The van der Waals surface area contributed by atoms with E-state index >= 15 is 0 Å². The minimum Gasteiger partial charge on any atom is -0.340 e. The molecule has 1 atom stereocenters. The third-order valence-corrected chi connectivity index (χ3v) is 8.23. The van der Waals surface area contributed by atoms with E-state index < -0.39 is 23.5 Å². The maximum atomic E-state index is 13.8. The Morgan fingerprint density at radius 3 is 2.26 bits per heavy atom. The Morgan fingerprint density at radius 2 is 1.58 bits per heavy atom. The van der Waals surface area contributed by atoms with Crippen molar-refractivity contribution in [3.8, 4) is 11.3 Å². The molecule has 0 amide bonds. The van der Waals surface area contributed by atoms with Crippen LogP contribution in [0.15, 0.2) is 60.8 Å². The van der Waals surface area contributed by atoms with Crippen LogP contribution in [0.4, 0.5) is 37.8 Å². The van der Waals surface area contributed by atoms with E-state index in [4.69, 9.17) is 9.97 Å². The predicted molar refractivity (Wildman–Crippen MR) is 152 cm³/mol. The molecular weight excluding hydrogens is 570 g/mol. The lowest BCUT2D eigenvalue weighted by atomic mass is 9.94. The monoisotopic (exact) mass is 600 g/mol. The molecule has 3 heterocycles. The number of fused-ring (bicyclic) bond motifs is 1. The molecule has 1 aliphatic carbocycles. The highest BCUT2D eigenvalue weighted by Gasteiger charge is 2.36. The Bertz CT molecular complexity index is 1570. The maximum absolute atomic E-state index is 13.8. The molecule has 2 fully saturated rings. The van der Waals surface area contributed by atoms with Gasteiger partial charge < -0.3 is 10.6 Å². The molecule has 6 nitrogen and oxygen atoms in total. The number of halogens is 6. The van der Waals surface area contributed by atoms with Crippen molar-refractivity contribution in [2.45, 2.75) is 44.1 Å². The van der Waals surface area contributed by atoms with Crippen molar-refractivity contribution in [2.75, 3.05) is 31.5 Å². The topological polar surface area (TPSA) is 66.0 Å². The molecule has 1 saturated carbocycles. The highest BCUT2D eigenvalue weighted by atomic mass is 19.4. The van der Waals surface area contributed by atoms with Gasteiger partial charge in [-0.05, 0) is 67.3 Å². The molecule has 2 aliphatic rings. The van der Waals surface area contributed by atoms with Crippen LogP contribution in [0, 0.1) is 5.92 Å². The van der Waals surface area contributed by atoms with Crippen LogP contribution in [0.5, 0.6) is 0 Å². The van der Waals surface area contributed by atoms with Gasteiger partial charge in [-0.2, -0.15) is 26.3 Å². The molecule has 43 heavy (non-hydrogen) atoms. The second kappa shape index (κ2) is 11.7. The zero-order valence-corrected chi connectivity index (χ0v) is 23.1. The van der Waals surface area contributed by atoms with Crippen LogP contribution in [-0.2, 0) is 12.4 Å². The number of piperazine rings is 1. The van der Waals surface area contributed by atoms with E-state index in [0.717, 1.165) is 70.1 Å². The summed E-state index contributed by atoms with van der Waals surface area (Å²) in [6.07, 6.45) is -3.52. The van der Waals surface area contributed by atoms with Gasteiger partial charge in [0.1, 0.15) is 11.6 Å². The first-order valence-electron chi connectivity index (χ1n) is 14.3. The van der Waals surface area contributed by atoms with Crippen molar-refractivity contribution in [3.63, 3.8) is 0 Å². The van der Waals surface area contributed by atoms with E-state index in [1.807, 2.05) is 0 Å². The van der Waals surface area contributed by atoms with E-state index in [1.165, 1.54) is 30.5 Å². The summed E-state index contributed by atoms with van der Waals surface area (Å²) in [5, 5.41) is 7.06. The molecule has 12 heteroatoms. The van der Waals surface area contributed by atoms with E-state index in [2.05, 4.69) is 20.5 Å². The lowest BCUT2D eigenvalue weighted by Crippen LogP contribution is -2.47. The minimum absolute atomic E-state index is 0.105. The van der Waals surface area contributed by atoms with Crippen LogP contribution in [0.1, 0.15) is 48.7 Å². The molecular formula is C31H30F6N6. The Balaban J connectivity index is 1.49. The summed E-state index contributed by atoms with van der Waals surface area (Å²) in [6, 6.07) is 11.5. The normalized spacial score (nSPS) is 17.8. The number of nitrogens with one attached hydrogen (secondary N) is 2. The summed E-state index contributed by atoms with van der Waals surface area (Å²) < 4.78 is 81.1. The highest BCUT2D eigenvalue weighted by Crippen LogP contribution is 2.41. The molecule has 2 aromatic carbocycles. The predicted octanol–water partition coefficient (Wildman–Crippen LogP) is 7.61. The van der Waals surface area contributed by atoms with Crippen molar-refractivity contribution in [1.82, 2.24) is 25.2 Å². The quantitative estimate of drug-likeness (QED) is 0.222. The van der Waals surface area contributed by atoms with Crippen LogP contribution in [0.2, 0.25) is 0 Å². The van der Waals surface area contributed by atoms with Gasteiger partial charge >= 0.3 is 12.4 Å². The van der Waals surface area contributed by atoms with Crippen LogP contribution in [0.3, 0.4) is 0 Å². The van der Waals surface area contributed by atoms with Crippen LogP contribution in [-0.4, -0.2) is 46.0 Å². The number of benzene rings is 2. The molecule has 6 rings (SSSR count). The second-order valence-electron chi connectivity index (χ2n) is 11.0. The average molecular weight is 601 g/mol. The second-order valence-corrected chi connectivity index (χ2v) is 11.0. The van der Waals surface area contributed by atoms with Crippen LogP contribution in [0.25, 0.3) is 22.2 Å². The molecule has 0 radical (unpaired) electrons. The molecule has 2 aromatic heterocycles. The summed E-state index contributed by atoms with van der Waals surface area (Å²) in [4.78, 5) is 16.3. The molecule has 1 unspecified atom stereocenters. The SMILES string of the molecule is FC(F)(F)c1ccc(Nc2nc(C(C3CCCC3)N3CCNCC3)nc3cc(-c4ncccc4C(F)(F)F)ccc23)cc1. The van der Waals surface area contributed by atoms with Gasteiger partial charge in [0.15, 0.2) is 0 Å². The van der Waals surface area contributed by atoms with Gasteiger partial charge in [-0.25, -0.2) is 9.97 Å². The number of aromatic nitrogens is 3. The number of anilines is 2. The number of nitrogens with zero attached hydrogens (tertiary/aromatic N) is 4. The molecule has 1 aliphatic heterocycles. The third kappa shape index (κ3) is 6.30. The Hall–Kier alpha value is -3.77. The maximum Gasteiger partial charge on any atom is 0.418 e. The standard InChI is InChI=1S/C31H30F6N6/c32-30(33,34)21-8-10-22(11-9-21)40-28-23-12-7-20(26-24(31(35,36)37)6-3-13-39-26)18-25(23)41-29(42-28)27(19-4-1-2-5-19)43-16-14-38-15-17-43/h3,6-13,18-19,27,38H,1-2,4-5,14-17H2,(H,40,41,42). The van der Waals surface area contributed by atoms with Gasteiger partial charge in [0, 0.05) is 49.0 Å². The largest absolute Gasteiger partial charge is 0.418 e. The third-order valence-electron chi connectivity index (χ3n) is 8.23. The molecule has 226 valence electrons. The molecule has 2 N–H and O–H groups in total. The summed E-state index contributed by atoms with van der Waals surface area (Å²) in [7, 11) is 0. The Kier molecular flexibility index (Phi) is 7.99. The first-order valence-corrected chi connectivity index (χ1v) is 14.3. The molecule has 1 saturated heterocycles. The van der Waals surface area contributed by atoms with Gasteiger partial charge in [-0.1, -0.05) is 18.9 Å². The average Bonchev–Trinajstić information content (AvgIpc) is 3.51. The molecule has 0 bridgehead atoms. The number of hydrogen-bond donors (Lipinski definition) is 2. The van der Waals surface area contributed by atoms with Crippen LogP contribution >= 0.6 is 0 Å². The summed E-state index contributed by atoms with van der Waals surface area (Å²) in [5.74, 6) is 1.23. The van der Waals surface area contributed by atoms with Crippen molar-refractivity contribution in [1.29, 1.82) is 0 Å². The molecule has 0 spiro atoms. The fourth-order valence-electron chi connectivity index (χ4n) is 6.17. The fraction of sp³-hybridized carbons (Fsp3) is 0.387.